The lowest BCUT2D eigenvalue weighted by Crippen LogP contribution is -2.26. The van der Waals surface area contributed by atoms with E-state index in [-0.39, 0.29) is 30.2 Å². The van der Waals surface area contributed by atoms with Crippen LogP contribution in [0.25, 0.3) is 0 Å². The molecule has 0 aliphatic rings. The number of amides is 1. The maximum absolute atomic E-state index is 12.0. The number of hydrogen-bond acceptors (Lipinski definition) is 5. The fourth-order valence-electron chi connectivity index (χ4n) is 2.03. The average Bonchev–Trinajstić information content (AvgIpc) is 3.02. The zero-order valence-corrected chi connectivity index (χ0v) is 14.1. The summed E-state index contributed by atoms with van der Waals surface area (Å²) in [5.74, 6) is -1.32. The van der Waals surface area contributed by atoms with Crippen LogP contribution in [0.5, 0.6) is 0 Å². The Morgan fingerprint density at radius 2 is 1.88 bits per heavy atom. The predicted molar refractivity (Wildman–Crippen MR) is 90.5 cm³/mol. The number of nitrogens with one attached hydrogen (secondary N) is 1. The molecule has 0 atom stereocenters. The molecule has 126 valence electrons. The molecule has 2 aromatic rings. The van der Waals surface area contributed by atoms with E-state index in [0.717, 1.165) is 5.56 Å². The summed E-state index contributed by atoms with van der Waals surface area (Å²) < 4.78 is 0. The van der Waals surface area contributed by atoms with Crippen LogP contribution in [0.4, 0.5) is 0 Å². The number of aromatic nitrogens is 1. The van der Waals surface area contributed by atoms with Crippen LogP contribution in [0.3, 0.4) is 0 Å². The minimum absolute atomic E-state index is 0.0185. The number of hydrogen-bond donors (Lipinski definition) is 2. The second kappa shape index (κ2) is 8.35. The van der Waals surface area contributed by atoms with Gasteiger partial charge in [0.25, 0.3) is 0 Å². The van der Waals surface area contributed by atoms with Crippen LogP contribution >= 0.6 is 11.3 Å². The van der Waals surface area contributed by atoms with Crippen LogP contribution in [-0.4, -0.2) is 34.3 Å². The van der Waals surface area contributed by atoms with Crippen LogP contribution < -0.4 is 5.32 Å². The smallest absolute Gasteiger partial charge is 0.355 e. The SMILES string of the molecule is Cc1ccc(C(=O)CCC(=O)NCCc2nc(C(=O)O)cs2)cc1. The summed E-state index contributed by atoms with van der Waals surface area (Å²) in [5.41, 5.74) is 1.71. The average molecular weight is 346 g/mol. The van der Waals surface area contributed by atoms with Gasteiger partial charge in [0.1, 0.15) is 0 Å². The summed E-state index contributed by atoms with van der Waals surface area (Å²) in [6.07, 6.45) is 0.760. The molecular weight excluding hydrogens is 328 g/mol. The first-order chi connectivity index (χ1) is 11.5. The van der Waals surface area contributed by atoms with Crippen LogP contribution in [0.2, 0.25) is 0 Å². The standard InChI is InChI=1S/C17H18N2O4S/c1-11-2-4-12(5-3-11)14(20)6-7-15(21)18-9-8-16-19-13(10-24-16)17(22)23/h2-5,10H,6-9H2,1H3,(H,18,21)(H,22,23). The maximum Gasteiger partial charge on any atom is 0.355 e. The summed E-state index contributed by atoms with van der Waals surface area (Å²) in [7, 11) is 0. The van der Waals surface area contributed by atoms with Gasteiger partial charge in [-0.25, -0.2) is 9.78 Å². The second-order valence-corrected chi connectivity index (χ2v) is 6.26. The third-order valence-electron chi connectivity index (χ3n) is 3.38. The minimum Gasteiger partial charge on any atom is -0.476 e. The van der Waals surface area contributed by atoms with Crippen molar-refractivity contribution < 1.29 is 19.5 Å². The number of nitrogens with zero attached hydrogens (tertiary/aromatic N) is 1. The van der Waals surface area contributed by atoms with E-state index in [1.165, 1.54) is 16.7 Å². The highest BCUT2D eigenvalue weighted by Crippen LogP contribution is 2.10. The molecule has 0 unspecified atom stereocenters. The normalized spacial score (nSPS) is 10.4. The molecule has 0 radical (unpaired) electrons. The number of carboxylic acid groups (broad SMARTS) is 1. The predicted octanol–water partition coefficient (Wildman–Crippen LogP) is 2.47. The highest BCUT2D eigenvalue weighted by Gasteiger charge is 2.11. The third-order valence-corrected chi connectivity index (χ3v) is 4.29. The molecule has 1 aromatic heterocycles. The Morgan fingerprint density at radius 3 is 2.50 bits per heavy atom. The lowest BCUT2D eigenvalue weighted by molar-refractivity contribution is -0.121. The molecule has 2 rings (SSSR count). The van der Waals surface area contributed by atoms with Gasteiger partial charge >= 0.3 is 5.97 Å². The number of thiazole rings is 1. The molecule has 0 spiro atoms. The van der Waals surface area contributed by atoms with Crippen molar-refractivity contribution >= 4 is 29.0 Å². The maximum atomic E-state index is 12.0. The molecule has 2 N–H and O–H groups in total. The molecule has 0 saturated heterocycles. The zero-order valence-electron chi connectivity index (χ0n) is 13.2. The molecule has 0 saturated carbocycles. The van der Waals surface area contributed by atoms with Crippen LogP contribution in [0.15, 0.2) is 29.6 Å². The Bertz CT molecular complexity index is 737. The summed E-state index contributed by atoms with van der Waals surface area (Å²) in [6.45, 7) is 2.31. The van der Waals surface area contributed by atoms with Crippen LogP contribution in [-0.2, 0) is 11.2 Å². The van der Waals surface area contributed by atoms with E-state index in [2.05, 4.69) is 10.3 Å². The largest absolute Gasteiger partial charge is 0.476 e. The molecule has 1 aromatic carbocycles. The quantitative estimate of drug-likeness (QED) is 0.716. The van der Waals surface area contributed by atoms with Gasteiger partial charge in [0.15, 0.2) is 11.5 Å². The van der Waals surface area contributed by atoms with Gasteiger partial charge in [-0.2, -0.15) is 0 Å². The van der Waals surface area contributed by atoms with Gasteiger partial charge in [0, 0.05) is 36.8 Å². The van der Waals surface area contributed by atoms with E-state index in [9.17, 15) is 14.4 Å². The molecular formula is C17H18N2O4S. The highest BCUT2D eigenvalue weighted by molar-refractivity contribution is 7.09. The van der Waals surface area contributed by atoms with E-state index in [1.54, 1.807) is 12.1 Å². The molecule has 0 bridgehead atoms. The van der Waals surface area contributed by atoms with Crippen molar-refractivity contribution in [1.82, 2.24) is 10.3 Å². The summed E-state index contributed by atoms with van der Waals surface area (Å²) >= 11 is 1.25. The number of aryl methyl sites for hydroxylation is 1. The number of benzene rings is 1. The van der Waals surface area contributed by atoms with Crippen molar-refractivity contribution in [1.29, 1.82) is 0 Å². The van der Waals surface area contributed by atoms with E-state index in [0.29, 0.717) is 23.5 Å². The van der Waals surface area contributed by atoms with Crippen molar-refractivity contribution in [3.05, 3.63) is 51.5 Å². The topological polar surface area (TPSA) is 96.4 Å². The molecule has 24 heavy (non-hydrogen) atoms. The summed E-state index contributed by atoms with van der Waals surface area (Å²) in [4.78, 5) is 38.4. The Hall–Kier alpha value is -2.54. The lowest BCUT2D eigenvalue weighted by atomic mass is 10.1. The fourth-order valence-corrected chi connectivity index (χ4v) is 2.80. The minimum atomic E-state index is -1.06. The van der Waals surface area contributed by atoms with Crippen molar-refractivity contribution in [3.8, 4) is 0 Å². The van der Waals surface area contributed by atoms with Gasteiger partial charge in [-0.1, -0.05) is 29.8 Å². The third kappa shape index (κ3) is 5.27. The molecule has 1 amide bonds. The van der Waals surface area contributed by atoms with Gasteiger partial charge in [-0.05, 0) is 6.92 Å². The Morgan fingerprint density at radius 1 is 1.17 bits per heavy atom. The molecule has 0 fully saturated rings. The van der Waals surface area contributed by atoms with Crippen molar-refractivity contribution in [2.45, 2.75) is 26.2 Å². The monoisotopic (exact) mass is 346 g/mol. The van der Waals surface area contributed by atoms with Gasteiger partial charge in [-0.15, -0.1) is 11.3 Å². The molecule has 6 nitrogen and oxygen atoms in total. The van der Waals surface area contributed by atoms with Gasteiger partial charge in [0.2, 0.25) is 5.91 Å². The van der Waals surface area contributed by atoms with E-state index < -0.39 is 5.97 Å². The van der Waals surface area contributed by atoms with Crippen LogP contribution in [0, 0.1) is 6.92 Å². The van der Waals surface area contributed by atoms with Gasteiger partial charge in [0.05, 0.1) is 5.01 Å². The summed E-state index contributed by atoms with van der Waals surface area (Å²) in [6, 6.07) is 7.26. The number of rotatable bonds is 8. The Labute approximate surface area is 143 Å². The molecule has 1 heterocycles. The van der Waals surface area contributed by atoms with Crippen LogP contribution in [0.1, 0.15) is 44.3 Å². The summed E-state index contributed by atoms with van der Waals surface area (Å²) in [5, 5.41) is 13.6. The van der Waals surface area contributed by atoms with E-state index in [1.807, 2.05) is 19.1 Å². The lowest BCUT2D eigenvalue weighted by Gasteiger charge is -2.04. The Kier molecular flexibility index (Phi) is 6.20. The number of ketones is 1. The van der Waals surface area contributed by atoms with Crippen molar-refractivity contribution in [2.75, 3.05) is 6.54 Å². The molecule has 0 aliphatic carbocycles. The van der Waals surface area contributed by atoms with Gasteiger partial charge in [-0.3, -0.25) is 9.59 Å². The first-order valence-electron chi connectivity index (χ1n) is 7.50. The fraction of sp³-hybridized carbons (Fsp3) is 0.294. The Balaban J connectivity index is 1.70. The number of Topliss-reactive ketones (excluding diaryl/α,β-unsaturated/α-hetero) is 1. The first-order valence-corrected chi connectivity index (χ1v) is 8.38. The number of carboxylic acids is 1. The number of carbonyl (C=O) groups excluding carboxylic acids is 2. The number of aromatic carboxylic acids is 1. The second-order valence-electron chi connectivity index (χ2n) is 5.32. The first kappa shape index (κ1) is 17.8. The van der Waals surface area contributed by atoms with E-state index >= 15 is 0 Å². The van der Waals surface area contributed by atoms with E-state index in [4.69, 9.17) is 5.11 Å². The number of carbonyl (C=O) groups is 3. The highest BCUT2D eigenvalue weighted by atomic mass is 32.1. The molecule has 0 aliphatic heterocycles. The van der Waals surface area contributed by atoms with Gasteiger partial charge < -0.3 is 10.4 Å². The van der Waals surface area contributed by atoms with Crippen molar-refractivity contribution in [3.63, 3.8) is 0 Å². The van der Waals surface area contributed by atoms with Crippen molar-refractivity contribution in [2.24, 2.45) is 0 Å². The molecule has 7 heteroatoms. The zero-order chi connectivity index (χ0) is 17.5.